The minimum Gasteiger partial charge on any atom is -0.488 e. The maximum atomic E-state index is 15.1. The maximum absolute atomic E-state index is 15.1. The lowest BCUT2D eigenvalue weighted by atomic mass is 9.94. The second-order valence-electron chi connectivity index (χ2n) is 20.0. The minimum atomic E-state index is -1.75. The molecular formula is C57H59N3O12. The second kappa shape index (κ2) is 21.0. The molecule has 72 heavy (non-hydrogen) atoms. The van der Waals surface area contributed by atoms with E-state index in [1.807, 2.05) is 36.4 Å². The van der Waals surface area contributed by atoms with Crippen molar-refractivity contribution in [2.75, 3.05) is 7.11 Å². The number of fused-ring (bicyclic) bond motifs is 2. The molecule has 2 aromatic heterocycles. The Morgan fingerprint density at radius 1 is 0.569 bits per heavy atom. The van der Waals surface area contributed by atoms with E-state index in [-0.39, 0.29) is 29.9 Å². The molecule has 0 spiro atoms. The predicted octanol–water partition coefficient (Wildman–Crippen LogP) is 11.9. The van der Waals surface area contributed by atoms with Gasteiger partial charge in [0.2, 0.25) is 0 Å². The molecule has 15 heteroatoms. The van der Waals surface area contributed by atoms with Gasteiger partial charge in [-0.05, 0) is 103 Å². The Hall–Kier alpha value is -8.20. The Morgan fingerprint density at radius 3 is 1.72 bits per heavy atom. The number of imide groups is 1. The standard InChI is InChI=1S/C57H59N3O12/c1-55(2,3)70-52(64)58-32-38(31-45(51(63)69-35-37-23-15-12-16-24-37)60(53(65)71-56(4,5)6)54(66)72-57(7,8)9)47-39(26-20-29-44(47)58)40-27-19-28-41-43(50(62)67-10)33-59(48(40)41)49(61)42-25-17-18-30-46(42)68-34-36-21-13-11-14-22-36/h11-30,32-33,45H,31,34-35H2,1-10H3/t45-/m1/s1. The van der Waals surface area contributed by atoms with Crippen LogP contribution in [-0.4, -0.2) is 80.1 Å². The fraction of sp³-hybridized carbons (Fsp3) is 0.298. The zero-order valence-corrected chi connectivity index (χ0v) is 42.1. The van der Waals surface area contributed by atoms with E-state index in [4.69, 9.17) is 28.4 Å². The number of esters is 2. The molecule has 15 nitrogen and oxygen atoms in total. The van der Waals surface area contributed by atoms with Gasteiger partial charge in [-0.1, -0.05) is 103 Å². The lowest BCUT2D eigenvalue weighted by Crippen LogP contribution is -2.53. The highest BCUT2D eigenvalue weighted by Gasteiger charge is 2.42. The van der Waals surface area contributed by atoms with Crippen LogP contribution in [0, 0.1) is 0 Å². The van der Waals surface area contributed by atoms with Crippen LogP contribution < -0.4 is 4.74 Å². The number of carbonyl (C=O) groups excluding carboxylic acids is 6. The molecule has 0 saturated heterocycles. The van der Waals surface area contributed by atoms with Crippen molar-refractivity contribution in [1.29, 1.82) is 0 Å². The van der Waals surface area contributed by atoms with Crippen molar-refractivity contribution in [3.05, 3.63) is 162 Å². The van der Waals surface area contributed by atoms with Crippen LogP contribution in [0.2, 0.25) is 0 Å². The lowest BCUT2D eigenvalue weighted by molar-refractivity contribution is -0.151. The Balaban J connectivity index is 1.47. The van der Waals surface area contributed by atoms with Gasteiger partial charge in [-0.2, -0.15) is 4.90 Å². The number of nitrogens with zero attached hydrogens (tertiary/aromatic N) is 3. The van der Waals surface area contributed by atoms with Crippen molar-refractivity contribution < 1.29 is 57.2 Å². The summed E-state index contributed by atoms with van der Waals surface area (Å²) >= 11 is 0. The third kappa shape index (κ3) is 12.0. The third-order valence-electron chi connectivity index (χ3n) is 11.0. The number of rotatable bonds is 12. The van der Waals surface area contributed by atoms with Crippen LogP contribution in [-0.2, 0) is 48.1 Å². The molecule has 374 valence electrons. The van der Waals surface area contributed by atoms with Crippen molar-refractivity contribution in [3.63, 3.8) is 0 Å². The van der Waals surface area contributed by atoms with E-state index in [9.17, 15) is 24.0 Å². The quantitative estimate of drug-likeness (QED) is 0.0839. The van der Waals surface area contributed by atoms with E-state index in [0.29, 0.717) is 49.1 Å². The van der Waals surface area contributed by atoms with E-state index in [2.05, 4.69) is 0 Å². The molecule has 0 fully saturated rings. The van der Waals surface area contributed by atoms with Crippen LogP contribution in [0.15, 0.2) is 134 Å². The number of para-hydroxylation sites is 2. The SMILES string of the molecule is COC(=O)c1cn(C(=O)c2ccccc2OCc2ccccc2)c2c(-c3cccc4c3c(C[C@H](C(=O)OCc3ccccc3)N(C(=O)OC(C)(C)C)C(=O)OC(C)(C)C)cn4C(=O)OC(C)(C)C)cccc12. The van der Waals surface area contributed by atoms with Crippen LogP contribution in [0.4, 0.5) is 14.4 Å². The molecule has 2 heterocycles. The third-order valence-corrected chi connectivity index (χ3v) is 11.0. The molecule has 1 atom stereocenters. The largest absolute Gasteiger partial charge is 0.488 e. The molecular weight excluding hydrogens is 919 g/mol. The molecule has 0 N–H and O–H groups in total. The van der Waals surface area contributed by atoms with Gasteiger partial charge in [0.05, 0.1) is 29.3 Å². The molecule has 0 radical (unpaired) electrons. The van der Waals surface area contributed by atoms with Gasteiger partial charge < -0.3 is 28.4 Å². The number of benzene rings is 5. The highest BCUT2D eigenvalue weighted by atomic mass is 16.6. The number of ether oxygens (including phenoxy) is 6. The molecule has 7 aromatic rings. The number of hydrogen-bond acceptors (Lipinski definition) is 12. The van der Waals surface area contributed by atoms with Crippen LogP contribution in [0.1, 0.15) is 99.7 Å². The molecule has 0 aliphatic carbocycles. The van der Waals surface area contributed by atoms with E-state index in [1.165, 1.54) is 28.6 Å². The molecule has 0 bridgehead atoms. The molecule has 0 aliphatic heterocycles. The zero-order valence-electron chi connectivity index (χ0n) is 42.1. The van der Waals surface area contributed by atoms with Crippen LogP contribution in [0.25, 0.3) is 32.9 Å². The van der Waals surface area contributed by atoms with Gasteiger partial charge in [0, 0.05) is 35.2 Å². The number of amides is 2. The van der Waals surface area contributed by atoms with Crippen molar-refractivity contribution in [3.8, 4) is 16.9 Å². The Morgan fingerprint density at radius 2 is 1.12 bits per heavy atom. The Kier molecular flexibility index (Phi) is 15.1. The summed E-state index contributed by atoms with van der Waals surface area (Å²) in [5.41, 5.74) is 0.358. The average Bonchev–Trinajstić information content (AvgIpc) is 3.90. The molecule has 0 unspecified atom stereocenters. The first kappa shape index (κ1) is 51.6. The Bertz CT molecular complexity index is 3120. The summed E-state index contributed by atoms with van der Waals surface area (Å²) in [6, 6.07) is 33.7. The minimum absolute atomic E-state index is 0.0932. The van der Waals surface area contributed by atoms with Crippen LogP contribution >= 0.6 is 0 Å². The lowest BCUT2D eigenvalue weighted by Gasteiger charge is -2.32. The van der Waals surface area contributed by atoms with E-state index >= 15 is 4.79 Å². The molecule has 7 rings (SSSR count). The van der Waals surface area contributed by atoms with Gasteiger partial charge in [-0.15, -0.1) is 0 Å². The van der Waals surface area contributed by atoms with Gasteiger partial charge in [-0.25, -0.2) is 24.0 Å². The Labute approximate surface area is 418 Å². The summed E-state index contributed by atoms with van der Waals surface area (Å²) < 4.78 is 37.4. The first-order valence-electron chi connectivity index (χ1n) is 23.4. The second-order valence-corrected chi connectivity index (χ2v) is 20.0. The molecule has 2 amide bonds. The van der Waals surface area contributed by atoms with Crippen molar-refractivity contribution >= 4 is 57.9 Å². The van der Waals surface area contributed by atoms with Gasteiger partial charge >= 0.3 is 30.2 Å². The maximum Gasteiger partial charge on any atom is 0.420 e. The molecule has 0 saturated carbocycles. The van der Waals surface area contributed by atoms with Gasteiger partial charge in [0.25, 0.3) is 5.91 Å². The van der Waals surface area contributed by atoms with E-state index in [0.717, 1.165) is 5.56 Å². The number of carbonyl (C=O) groups is 6. The monoisotopic (exact) mass is 977 g/mol. The highest BCUT2D eigenvalue weighted by molar-refractivity contribution is 6.16. The number of hydrogen-bond donors (Lipinski definition) is 0. The van der Waals surface area contributed by atoms with Crippen molar-refractivity contribution in [2.24, 2.45) is 0 Å². The molecule has 5 aromatic carbocycles. The topological polar surface area (TPSA) is 171 Å². The fourth-order valence-corrected chi connectivity index (χ4v) is 8.04. The summed E-state index contributed by atoms with van der Waals surface area (Å²) in [5.74, 6) is -1.91. The summed E-state index contributed by atoms with van der Waals surface area (Å²) in [6.07, 6.45) is -0.677. The normalized spacial score (nSPS) is 12.2. The van der Waals surface area contributed by atoms with Crippen LogP contribution in [0.5, 0.6) is 5.75 Å². The number of methoxy groups -OCH3 is 1. The molecule has 0 aliphatic rings. The summed E-state index contributed by atoms with van der Waals surface area (Å²) in [4.78, 5) is 86.9. The summed E-state index contributed by atoms with van der Waals surface area (Å²) in [5, 5.41) is 0.736. The highest BCUT2D eigenvalue weighted by Crippen LogP contribution is 2.40. The van der Waals surface area contributed by atoms with Gasteiger partial charge in [0.1, 0.15) is 41.8 Å². The smallest absolute Gasteiger partial charge is 0.420 e. The average molecular weight is 978 g/mol. The van der Waals surface area contributed by atoms with E-state index in [1.54, 1.807) is 147 Å². The summed E-state index contributed by atoms with van der Waals surface area (Å²) in [7, 11) is 1.25. The summed E-state index contributed by atoms with van der Waals surface area (Å²) in [6.45, 7) is 14.8. The van der Waals surface area contributed by atoms with Crippen LogP contribution in [0.3, 0.4) is 0 Å². The number of aromatic nitrogens is 2. The first-order valence-corrected chi connectivity index (χ1v) is 23.4. The van der Waals surface area contributed by atoms with Gasteiger partial charge in [-0.3, -0.25) is 13.9 Å². The fourth-order valence-electron chi connectivity index (χ4n) is 8.04. The first-order chi connectivity index (χ1) is 34.0. The van der Waals surface area contributed by atoms with Crippen molar-refractivity contribution in [1.82, 2.24) is 14.0 Å². The zero-order chi connectivity index (χ0) is 52.1. The van der Waals surface area contributed by atoms with E-state index < -0.39 is 65.4 Å². The predicted molar refractivity (Wildman–Crippen MR) is 271 cm³/mol. The van der Waals surface area contributed by atoms with Gasteiger partial charge in [0.15, 0.2) is 0 Å². The van der Waals surface area contributed by atoms with Crippen molar-refractivity contribution in [2.45, 2.75) is 105 Å².